The van der Waals surface area contributed by atoms with Crippen LogP contribution in [0.5, 0.6) is 5.75 Å². The fourth-order valence-electron chi connectivity index (χ4n) is 4.28. The Kier molecular flexibility index (Phi) is 3.91. The molecule has 4 aromatic rings. The molecule has 5 heteroatoms. The number of fused-ring (bicyclic) bond motifs is 6. The van der Waals surface area contributed by atoms with Crippen LogP contribution >= 0.6 is 0 Å². The molecule has 140 valence electrons. The maximum Gasteiger partial charge on any atom is 0.223 e. The Balaban J connectivity index is 1.71. The van der Waals surface area contributed by atoms with Gasteiger partial charge in [0.05, 0.1) is 16.8 Å². The zero-order valence-corrected chi connectivity index (χ0v) is 15.9. The molecule has 0 aliphatic carbocycles. The van der Waals surface area contributed by atoms with Crippen molar-refractivity contribution < 1.29 is 18.8 Å². The van der Waals surface area contributed by atoms with Gasteiger partial charge in [-0.05, 0) is 26.0 Å². The molecular weight excluding hydrogens is 352 g/mol. The van der Waals surface area contributed by atoms with Crippen LogP contribution in [0.15, 0.2) is 53.1 Å². The summed E-state index contributed by atoms with van der Waals surface area (Å²) in [5.41, 5.74) is 3.52. The van der Waals surface area contributed by atoms with Crippen molar-refractivity contribution in [1.29, 1.82) is 0 Å². The summed E-state index contributed by atoms with van der Waals surface area (Å²) >= 11 is 0. The summed E-state index contributed by atoms with van der Waals surface area (Å²) in [6, 6.07) is 14.0. The number of ether oxygens (including phenoxy) is 1. The third kappa shape index (κ3) is 2.59. The molecule has 1 unspecified atom stereocenters. The molecule has 2 aromatic carbocycles. The van der Waals surface area contributed by atoms with Crippen LogP contribution < -0.4 is 9.64 Å². The van der Waals surface area contributed by atoms with Crippen LogP contribution in [-0.4, -0.2) is 17.5 Å². The van der Waals surface area contributed by atoms with Gasteiger partial charge in [-0.1, -0.05) is 30.3 Å². The van der Waals surface area contributed by atoms with Gasteiger partial charge in [0.15, 0.2) is 5.78 Å². The van der Waals surface area contributed by atoms with Crippen molar-refractivity contribution in [3.05, 3.63) is 71.2 Å². The summed E-state index contributed by atoms with van der Waals surface area (Å²) in [4.78, 5) is 18.1. The number of benzene rings is 2. The van der Waals surface area contributed by atoms with E-state index in [0.29, 0.717) is 18.1 Å². The maximum atomic E-state index is 12.4. The minimum atomic E-state index is 0.0191. The lowest BCUT2D eigenvalue weighted by molar-refractivity contribution is -0.945. The maximum absolute atomic E-state index is 12.4. The predicted molar refractivity (Wildman–Crippen MR) is 107 cm³/mol. The van der Waals surface area contributed by atoms with E-state index in [9.17, 15) is 4.79 Å². The number of carbonyl (C=O) groups excluding carboxylic acids is 1. The van der Waals surface area contributed by atoms with Gasteiger partial charge in [-0.2, -0.15) is 0 Å². The molecule has 1 N–H and O–H groups in total. The van der Waals surface area contributed by atoms with Crippen LogP contribution in [-0.2, 0) is 13.1 Å². The molecule has 2 aromatic heterocycles. The fourth-order valence-corrected chi connectivity index (χ4v) is 4.28. The molecule has 0 fully saturated rings. The number of quaternary nitrogens is 1. The molecule has 0 amide bonds. The van der Waals surface area contributed by atoms with Crippen molar-refractivity contribution in [2.24, 2.45) is 0 Å². The second-order valence-corrected chi connectivity index (χ2v) is 7.36. The minimum absolute atomic E-state index is 0.0191. The van der Waals surface area contributed by atoms with E-state index in [1.54, 1.807) is 6.92 Å². The molecule has 0 bridgehead atoms. The number of nitrogens with one attached hydrogen (secondary N) is 1. The largest absolute Gasteiger partial charge is 0.460 e. The number of carbonyl (C=O) groups is 1. The van der Waals surface area contributed by atoms with Gasteiger partial charge in [-0.15, -0.1) is 0 Å². The van der Waals surface area contributed by atoms with E-state index in [1.165, 1.54) is 4.90 Å². The lowest BCUT2D eigenvalue weighted by Gasteiger charge is -2.27. The number of Topliss-reactive ketones (excluding diaryl/α,β-unsaturated/α-hetero) is 1. The number of hydrogen-bond donors (Lipinski definition) is 1. The minimum Gasteiger partial charge on any atom is -0.460 e. The highest BCUT2D eigenvalue weighted by Crippen LogP contribution is 2.42. The van der Waals surface area contributed by atoms with Gasteiger partial charge in [-0.25, -0.2) is 0 Å². The average Bonchev–Trinajstić information content (AvgIpc) is 3.06. The summed E-state index contributed by atoms with van der Waals surface area (Å²) < 4.78 is 12.4. The Bertz CT molecular complexity index is 1210. The lowest BCUT2D eigenvalue weighted by atomic mass is 9.95. The second-order valence-electron chi connectivity index (χ2n) is 7.36. The van der Waals surface area contributed by atoms with Crippen molar-refractivity contribution in [3.63, 3.8) is 0 Å². The van der Waals surface area contributed by atoms with Gasteiger partial charge in [-0.3, -0.25) is 14.7 Å². The van der Waals surface area contributed by atoms with E-state index in [0.717, 1.165) is 51.8 Å². The summed E-state index contributed by atoms with van der Waals surface area (Å²) in [5, 5.41) is 2.92. The number of nitrogens with zero attached hydrogens (tertiary/aromatic N) is 1. The third-order valence-electron chi connectivity index (χ3n) is 5.43. The van der Waals surface area contributed by atoms with Crippen LogP contribution in [0.1, 0.15) is 34.3 Å². The zero-order chi connectivity index (χ0) is 19.3. The first-order chi connectivity index (χ1) is 13.6. The quantitative estimate of drug-likeness (QED) is 0.559. The second kappa shape index (κ2) is 6.46. The molecule has 5 rings (SSSR count). The summed E-state index contributed by atoms with van der Waals surface area (Å²) in [5.74, 6) is 1.56. The van der Waals surface area contributed by atoms with Crippen molar-refractivity contribution in [1.82, 2.24) is 4.98 Å². The Morgan fingerprint density at radius 1 is 1.14 bits per heavy atom. The molecule has 1 atom stereocenters. The topological polar surface area (TPSA) is 56.8 Å². The molecular formula is C23H21N2O3+. The van der Waals surface area contributed by atoms with Crippen molar-refractivity contribution in [3.8, 4) is 5.75 Å². The van der Waals surface area contributed by atoms with E-state index in [1.807, 2.05) is 49.5 Å². The predicted octanol–water partition coefficient (Wildman–Crippen LogP) is 3.43. The van der Waals surface area contributed by atoms with Crippen LogP contribution in [0.4, 0.5) is 0 Å². The van der Waals surface area contributed by atoms with Crippen molar-refractivity contribution in [2.45, 2.75) is 26.9 Å². The number of aromatic nitrogens is 1. The number of aryl methyl sites for hydroxylation is 1. The number of hydrogen-bond acceptors (Lipinski definition) is 4. The van der Waals surface area contributed by atoms with Gasteiger partial charge in [0, 0.05) is 22.4 Å². The first-order valence-electron chi connectivity index (χ1n) is 9.47. The summed E-state index contributed by atoms with van der Waals surface area (Å²) in [6.07, 6.45) is 1.81. The first kappa shape index (κ1) is 17.0. The third-order valence-corrected chi connectivity index (χ3v) is 5.43. The molecule has 3 heterocycles. The molecule has 5 nitrogen and oxygen atoms in total. The van der Waals surface area contributed by atoms with Crippen LogP contribution in [0.2, 0.25) is 0 Å². The number of furan rings is 1. The molecule has 1 aliphatic rings. The number of pyridine rings is 1. The average molecular weight is 373 g/mol. The Labute approximate surface area is 162 Å². The Morgan fingerprint density at radius 3 is 2.68 bits per heavy atom. The summed E-state index contributed by atoms with van der Waals surface area (Å²) in [7, 11) is 0. The molecule has 1 aliphatic heterocycles. The smallest absolute Gasteiger partial charge is 0.223 e. The van der Waals surface area contributed by atoms with Gasteiger partial charge >= 0.3 is 0 Å². The first-order valence-corrected chi connectivity index (χ1v) is 9.47. The molecule has 0 saturated carbocycles. The lowest BCUT2D eigenvalue weighted by Crippen LogP contribution is -3.11. The van der Waals surface area contributed by atoms with Crippen molar-refractivity contribution >= 4 is 27.5 Å². The molecule has 0 radical (unpaired) electrons. The number of ketones is 1. The number of rotatable bonds is 3. The van der Waals surface area contributed by atoms with E-state index in [-0.39, 0.29) is 5.78 Å². The van der Waals surface area contributed by atoms with E-state index >= 15 is 0 Å². The highest BCUT2D eigenvalue weighted by Gasteiger charge is 2.30. The van der Waals surface area contributed by atoms with Crippen molar-refractivity contribution in [2.75, 3.05) is 6.73 Å². The Hall–Kier alpha value is -3.18. The van der Waals surface area contributed by atoms with E-state index < -0.39 is 0 Å². The van der Waals surface area contributed by atoms with Crippen LogP contribution in [0, 0.1) is 6.92 Å². The summed E-state index contributed by atoms with van der Waals surface area (Å²) in [6.45, 7) is 5.54. The van der Waals surface area contributed by atoms with E-state index in [4.69, 9.17) is 9.15 Å². The molecule has 28 heavy (non-hydrogen) atoms. The molecule has 0 saturated heterocycles. The highest BCUT2D eigenvalue weighted by molar-refractivity contribution is 6.17. The Morgan fingerprint density at radius 2 is 1.93 bits per heavy atom. The SMILES string of the molecule is CC(=O)c1c(C)oc2c1c1c(c3ccccc32)OC[NH+](Cc2ccccn2)C1. The fraction of sp³-hybridized carbons (Fsp3) is 0.217. The van der Waals surface area contributed by atoms with Gasteiger partial charge in [0.2, 0.25) is 6.73 Å². The van der Waals surface area contributed by atoms with Gasteiger partial charge < -0.3 is 9.15 Å². The standard InChI is InChI=1S/C23H20N2O3/c1-14(26)20-15(2)28-23-18-9-4-3-8-17(18)22-19(21(20)23)12-25(13-27-22)11-16-7-5-6-10-24-16/h3-10H,11-13H2,1-2H3/p+1. The zero-order valence-electron chi connectivity index (χ0n) is 15.9. The van der Waals surface area contributed by atoms with Gasteiger partial charge in [0.25, 0.3) is 0 Å². The van der Waals surface area contributed by atoms with E-state index in [2.05, 4.69) is 11.1 Å². The van der Waals surface area contributed by atoms with Gasteiger partial charge in [0.1, 0.15) is 30.2 Å². The normalized spacial score (nSPS) is 16.1. The van der Waals surface area contributed by atoms with Crippen LogP contribution in [0.25, 0.3) is 21.7 Å². The highest BCUT2D eigenvalue weighted by atomic mass is 16.5. The monoisotopic (exact) mass is 373 g/mol. The van der Waals surface area contributed by atoms with Crippen LogP contribution in [0.3, 0.4) is 0 Å². The molecule has 0 spiro atoms.